The fraction of sp³-hybridized carbons (Fsp3) is 0.444. The Morgan fingerprint density at radius 1 is 1.33 bits per heavy atom. The third kappa shape index (κ3) is 4.06. The first-order valence-electron chi connectivity index (χ1n) is 8.26. The minimum absolute atomic E-state index is 0.279. The lowest BCUT2D eigenvalue weighted by Crippen LogP contribution is -2.35. The van der Waals surface area contributed by atoms with Gasteiger partial charge in [0.25, 0.3) is 5.91 Å². The van der Waals surface area contributed by atoms with Crippen LogP contribution in [-0.2, 0) is 28.9 Å². The van der Waals surface area contributed by atoms with Crippen LogP contribution in [0.2, 0.25) is 0 Å². The van der Waals surface area contributed by atoms with Crippen LogP contribution in [0.25, 0.3) is 0 Å². The average Bonchev–Trinajstić information content (AvgIpc) is 3.18. The van der Waals surface area contributed by atoms with Crippen LogP contribution >= 0.6 is 11.3 Å². The summed E-state index contributed by atoms with van der Waals surface area (Å²) in [4.78, 5) is 26.2. The molecule has 5 nitrogen and oxygen atoms in total. The number of amides is 1. The highest BCUT2D eigenvalue weighted by molar-refractivity contribution is 7.14. The lowest BCUT2D eigenvalue weighted by molar-refractivity contribution is -0.129. The number of thiophene rings is 1. The molecule has 0 saturated carbocycles. The van der Waals surface area contributed by atoms with Gasteiger partial charge in [-0.15, -0.1) is 11.3 Å². The summed E-state index contributed by atoms with van der Waals surface area (Å²) in [7, 11) is 0. The summed E-state index contributed by atoms with van der Waals surface area (Å²) in [5.74, 6) is -0.101. The second-order valence-corrected chi connectivity index (χ2v) is 7.10. The van der Waals surface area contributed by atoms with Crippen molar-refractivity contribution < 1.29 is 18.7 Å². The number of rotatable bonds is 5. The molecule has 0 saturated heterocycles. The van der Waals surface area contributed by atoms with Crippen LogP contribution in [0.3, 0.4) is 0 Å². The summed E-state index contributed by atoms with van der Waals surface area (Å²) in [5, 5.41) is 2.69. The normalized spacial score (nSPS) is 15.2. The number of esters is 1. The van der Waals surface area contributed by atoms with Gasteiger partial charge in [-0.1, -0.05) is 6.42 Å². The van der Waals surface area contributed by atoms with Gasteiger partial charge in [-0.2, -0.15) is 0 Å². The number of hydrogen-bond donors (Lipinski definition) is 1. The van der Waals surface area contributed by atoms with Gasteiger partial charge in [0.1, 0.15) is 10.6 Å². The van der Waals surface area contributed by atoms with Crippen molar-refractivity contribution in [3.63, 3.8) is 0 Å². The van der Waals surface area contributed by atoms with Gasteiger partial charge < -0.3 is 14.5 Å². The fourth-order valence-corrected chi connectivity index (χ4v) is 3.91. The molecule has 0 spiro atoms. The molecule has 0 unspecified atom stereocenters. The monoisotopic (exact) mass is 347 g/mol. The number of hydrogen-bond acceptors (Lipinski definition) is 5. The van der Waals surface area contributed by atoms with Gasteiger partial charge in [0.05, 0.1) is 12.8 Å². The Balaban J connectivity index is 1.54. The molecule has 1 aliphatic rings. The Labute approximate surface area is 145 Å². The van der Waals surface area contributed by atoms with Crippen molar-refractivity contribution in [2.75, 3.05) is 0 Å². The number of carbonyl (C=O) groups excluding carboxylic acids is 2. The number of furan rings is 1. The summed E-state index contributed by atoms with van der Waals surface area (Å²) < 4.78 is 10.5. The Hall–Kier alpha value is -2.08. The van der Waals surface area contributed by atoms with Crippen LogP contribution in [0.15, 0.2) is 28.9 Å². The first-order valence-corrected chi connectivity index (χ1v) is 9.08. The quantitative estimate of drug-likeness (QED) is 0.664. The fourth-order valence-electron chi connectivity index (χ4n) is 2.77. The zero-order valence-corrected chi connectivity index (χ0v) is 14.5. The summed E-state index contributed by atoms with van der Waals surface area (Å²) in [5.41, 5.74) is 1.26. The van der Waals surface area contributed by atoms with E-state index in [1.807, 2.05) is 6.07 Å². The molecule has 2 aromatic rings. The zero-order valence-electron chi connectivity index (χ0n) is 13.7. The number of ether oxygens (including phenoxy) is 1. The number of aryl methyl sites for hydroxylation is 2. The molecule has 2 aromatic heterocycles. The topological polar surface area (TPSA) is 68.5 Å². The van der Waals surface area contributed by atoms with E-state index in [2.05, 4.69) is 5.32 Å². The van der Waals surface area contributed by atoms with Crippen LogP contribution in [0, 0.1) is 0 Å². The van der Waals surface area contributed by atoms with Gasteiger partial charge in [0, 0.05) is 4.88 Å². The Bertz CT molecular complexity index is 681. The molecule has 0 aliphatic heterocycles. The average molecular weight is 347 g/mol. The molecular formula is C18H21NO4S. The van der Waals surface area contributed by atoms with Crippen molar-refractivity contribution in [2.45, 2.75) is 51.7 Å². The predicted octanol–water partition coefficient (Wildman–Crippen LogP) is 3.47. The maximum absolute atomic E-state index is 12.3. The van der Waals surface area contributed by atoms with E-state index >= 15 is 0 Å². The van der Waals surface area contributed by atoms with E-state index in [0.717, 1.165) is 12.8 Å². The number of carbonyl (C=O) groups is 2. The summed E-state index contributed by atoms with van der Waals surface area (Å²) in [6.07, 6.45) is 6.36. The first kappa shape index (κ1) is 16.8. The molecule has 1 N–H and O–H groups in total. The molecule has 0 fully saturated rings. The highest BCUT2D eigenvalue weighted by Crippen LogP contribution is 2.29. The lowest BCUT2D eigenvalue weighted by Gasteiger charge is -2.12. The molecule has 1 atom stereocenters. The molecule has 0 radical (unpaired) electrons. The van der Waals surface area contributed by atoms with Crippen molar-refractivity contribution in [2.24, 2.45) is 0 Å². The zero-order chi connectivity index (χ0) is 16.9. The van der Waals surface area contributed by atoms with E-state index in [4.69, 9.17) is 9.15 Å². The summed E-state index contributed by atoms with van der Waals surface area (Å²) in [6, 6.07) is 5.46. The molecule has 24 heavy (non-hydrogen) atoms. The van der Waals surface area contributed by atoms with Gasteiger partial charge in [-0.25, -0.2) is 4.79 Å². The predicted molar refractivity (Wildman–Crippen MR) is 91.0 cm³/mol. The first-order chi connectivity index (χ1) is 11.6. The van der Waals surface area contributed by atoms with Crippen LogP contribution in [-0.4, -0.2) is 18.0 Å². The third-order valence-electron chi connectivity index (χ3n) is 4.12. The molecule has 0 bridgehead atoms. The van der Waals surface area contributed by atoms with E-state index in [9.17, 15) is 9.59 Å². The highest BCUT2D eigenvalue weighted by Gasteiger charge is 2.22. The Kier molecular flexibility index (Phi) is 5.35. The summed E-state index contributed by atoms with van der Waals surface area (Å²) >= 11 is 1.50. The second kappa shape index (κ2) is 7.66. The van der Waals surface area contributed by atoms with Crippen LogP contribution in [0.5, 0.6) is 0 Å². The van der Waals surface area contributed by atoms with E-state index in [1.54, 1.807) is 25.3 Å². The molecular weight excluding hydrogens is 326 g/mol. The van der Waals surface area contributed by atoms with Crippen LogP contribution in [0.1, 0.15) is 52.1 Å². The van der Waals surface area contributed by atoms with Crippen molar-refractivity contribution in [3.05, 3.63) is 45.5 Å². The Morgan fingerprint density at radius 3 is 2.96 bits per heavy atom. The lowest BCUT2D eigenvalue weighted by atomic mass is 10.1. The smallest absolute Gasteiger partial charge is 0.349 e. The molecule has 6 heteroatoms. The second-order valence-electron chi connectivity index (χ2n) is 5.96. The maximum Gasteiger partial charge on any atom is 0.349 e. The third-order valence-corrected chi connectivity index (χ3v) is 5.33. The summed E-state index contributed by atoms with van der Waals surface area (Å²) in [6.45, 7) is 1.86. The van der Waals surface area contributed by atoms with Crippen molar-refractivity contribution in [3.8, 4) is 0 Å². The minimum atomic E-state index is -0.839. The number of fused-ring (bicyclic) bond motifs is 1. The largest absolute Gasteiger partial charge is 0.467 e. The van der Waals surface area contributed by atoms with Crippen molar-refractivity contribution >= 4 is 23.2 Å². The van der Waals surface area contributed by atoms with Gasteiger partial charge in [0.2, 0.25) is 0 Å². The van der Waals surface area contributed by atoms with Gasteiger partial charge >= 0.3 is 5.97 Å². The Morgan fingerprint density at radius 2 is 2.17 bits per heavy atom. The van der Waals surface area contributed by atoms with Gasteiger partial charge in [-0.05, 0) is 56.4 Å². The maximum atomic E-state index is 12.3. The molecule has 0 aromatic carbocycles. The molecule has 1 aliphatic carbocycles. The molecule has 2 heterocycles. The SMILES string of the molecule is C[C@H](OC(=O)c1cc2c(s1)CCCCC2)C(=O)NCc1ccco1. The molecule has 3 rings (SSSR count). The molecule has 1 amide bonds. The van der Waals surface area contributed by atoms with Crippen molar-refractivity contribution in [1.29, 1.82) is 0 Å². The van der Waals surface area contributed by atoms with Crippen LogP contribution in [0.4, 0.5) is 0 Å². The van der Waals surface area contributed by atoms with E-state index in [0.29, 0.717) is 10.6 Å². The van der Waals surface area contributed by atoms with Gasteiger partial charge in [0.15, 0.2) is 6.10 Å². The molecule has 128 valence electrons. The van der Waals surface area contributed by atoms with Gasteiger partial charge in [-0.3, -0.25) is 4.79 Å². The van der Waals surface area contributed by atoms with Crippen molar-refractivity contribution in [1.82, 2.24) is 5.32 Å². The van der Waals surface area contributed by atoms with Crippen LogP contribution < -0.4 is 5.32 Å². The standard InChI is InChI=1S/C18H21NO4S/c1-12(17(20)19-11-14-7-5-9-22-14)23-18(21)16-10-13-6-3-2-4-8-15(13)24-16/h5,7,9-10,12H,2-4,6,8,11H2,1H3,(H,19,20)/t12-/m0/s1. The van der Waals surface area contributed by atoms with E-state index < -0.39 is 12.1 Å². The highest BCUT2D eigenvalue weighted by atomic mass is 32.1. The number of nitrogens with one attached hydrogen (secondary N) is 1. The van der Waals surface area contributed by atoms with E-state index in [1.165, 1.54) is 41.0 Å². The minimum Gasteiger partial charge on any atom is -0.467 e. The van der Waals surface area contributed by atoms with E-state index in [-0.39, 0.29) is 12.5 Å².